The Labute approximate surface area is 94.1 Å². The number of piperidine rings is 1. The number of likely N-dealkylation sites (tertiary alicyclic amines) is 1. The third-order valence-electron chi connectivity index (χ3n) is 3.11. The molecule has 0 saturated carbocycles. The number of carbonyl (C=O) groups is 1. The Bertz CT molecular complexity index is 294. The van der Waals surface area contributed by atoms with Crippen molar-refractivity contribution in [2.24, 2.45) is 5.41 Å². The van der Waals surface area contributed by atoms with Crippen LogP contribution in [0.4, 0.5) is 8.78 Å². The van der Waals surface area contributed by atoms with Crippen LogP contribution in [0.5, 0.6) is 0 Å². The minimum Gasteiger partial charge on any atom is -0.468 e. The van der Waals surface area contributed by atoms with E-state index in [-0.39, 0.29) is 19.5 Å². The minimum absolute atomic E-state index is 0.00130. The van der Waals surface area contributed by atoms with Crippen LogP contribution in [0.2, 0.25) is 0 Å². The molecule has 0 aliphatic carbocycles. The molecule has 1 rings (SSSR count). The predicted molar refractivity (Wildman–Crippen MR) is 56.3 cm³/mol. The van der Waals surface area contributed by atoms with Gasteiger partial charge >= 0.3 is 5.97 Å². The molecule has 3 nitrogen and oxygen atoms in total. The molecule has 0 amide bonds. The largest absolute Gasteiger partial charge is 0.468 e. The van der Waals surface area contributed by atoms with E-state index >= 15 is 0 Å². The van der Waals surface area contributed by atoms with E-state index in [1.54, 1.807) is 11.0 Å². The number of carbonyl (C=O) groups excluding carboxylic acids is 1. The van der Waals surface area contributed by atoms with E-state index in [0.717, 1.165) is 7.11 Å². The summed E-state index contributed by atoms with van der Waals surface area (Å²) in [5.41, 5.74) is -1.76. The maximum atomic E-state index is 13.8. The number of alkyl halides is 2. The number of hydrogen-bond acceptors (Lipinski definition) is 3. The average molecular weight is 233 g/mol. The van der Waals surface area contributed by atoms with Crippen molar-refractivity contribution in [2.45, 2.75) is 19.3 Å². The van der Waals surface area contributed by atoms with Crippen LogP contribution in [0.1, 0.15) is 13.3 Å². The molecule has 5 heteroatoms. The predicted octanol–water partition coefficient (Wildman–Crippen LogP) is 1.69. The van der Waals surface area contributed by atoms with Crippen LogP contribution in [0.3, 0.4) is 0 Å². The van der Waals surface area contributed by atoms with Crippen molar-refractivity contribution in [3.8, 4) is 0 Å². The summed E-state index contributed by atoms with van der Waals surface area (Å²) >= 11 is 0. The molecule has 0 unspecified atom stereocenters. The highest BCUT2D eigenvalue weighted by atomic mass is 19.3. The fourth-order valence-corrected chi connectivity index (χ4v) is 1.99. The lowest BCUT2D eigenvalue weighted by atomic mass is 9.78. The number of ether oxygens (including phenoxy) is 1. The summed E-state index contributed by atoms with van der Waals surface area (Å²) in [5.74, 6) is -3.87. The summed E-state index contributed by atoms with van der Waals surface area (Å²) in [6, 6.07) is 0. The maximum absolute atomic E-state index is 13.8. The van der Waals surface area contributed by atoms with Gasteiger partial charge in [0, 0.05) is 26.1 Å². The van der Waals surface area contributed by atoms with E-state index in [1.807, 2.05) is 0 Å². The lowest BCUT2D eigenvalue weighted by Crippen LogP contribution is -2.58. The zero-order valence-corrected chi connectivity index (χ0v) is 9.63. The first-order valence-electron chi connectivity index (χ1n) is 5.17. The number of rotatable bonds is 3. The topological polar surface area (TPSA) is 29.5 Å². The Balaban J connectivity index is 2.91. The fraction of sp³-hybridized carbons (Fsp3) is 0.727. The van der Waals surface area contributed by atoms with Gasteiger partial charge < -0.3 is 4.74 Å². The van der Waals surface area contributed by atoms with Crippen LogP contribution in [0.15, 0.2) is 12.7 Å². The van der Waals surface area contributed by atoms with E-state index in [0.29, 0.717) is 6.54 Å². The van der Waals surface area contributed by atoms with Crippen molar-refractivity contribution in [3.63, 3.8) is 0 Å². The van der Waals surface area contributed by atoms with Crippen molar-refractivity contribution >= 4 is 5.97 Å². The van der Waals surface area contributed by atoms with Crippen LogP contribution in [0, 0.1) is 5.41 Å². The van der Waals surface area contributed by atoms with Gasteiger partial charge in [-0.25, -0.2) is 8.78 Å². The summed E-state index contributed by atoms with van der Waals surface area (Å²) in [5, 5.41) is 0. The Kier molecular flexibility index (Phi) is 3.68. The number of halogens is 2. The van der Waals surface area contributed by atoms with Crippen molar-refractivity contribution in [1.82, 2.24) is 4.90 Å². The molecule has 0 bridgehead atoms. The van der Waals surface area contributed by atoms with E-state index in [2.05, 4.69) is 11.3 Å². The summed E-state index contributed by atoms with van der Waals surface area (Å²) in [4.78, 5) is 13.3. The highest BCUT2D eigenvalue weighted by Gasteiger charge is 2.59. The molecule has 1 saturated heterocycles. The van der Waals surface area contributed by atoms with E-state index in [9.17, 15) is 13.6 Å². The Morgan fingerprint density at radius 2 is 2.25 bits per heavy atom. The number of nitrogens with zero attached hydrogens (tertiary/aromatic N) is 1. The van der Waals surface area contributed by atoms with Crippen molar-refractivity contribution < 1.29 is 18.3 Å². The molecule has 1 aliphatic heterocycles. The van der Waals surface area contributed by atoms with E-state index in [1.165, 1.54) is 6.92 Å². The summed E-state index contributed by atoms with van der Waals surface area (Å²) in [6.45, 7) is 5.59. The van der Waals surface area contributed by atoms with Gasteiger partial charge in [0.05, 0.1) is 7.11 Å². The summed E-state index contributed by atoms with van der Waals surface area (Å²) in [7, 11) is 1.14. The molecule has 1 atom stereocenters. The van der Waals surface area contributed by atoms with Crippen LogP contribution in [0.25, 0.3) is 0 Å². The lowest BCUT2D eigenvalue weighted by Gasteiger charge is -2.43. The van der Waals surface area contributed by atoms with Gasteiger partial charge in [0.15, 0.2) is 0 Å². The first-order valence-corrected chi connectivity index (χ1v) is 5.17. The highest BCUT2D eigenvalue weighted by Crippen LogP contribution is 2.44. The SMILES string of the molecule is C=CCN1CCC(F)(F)[C@](C)(C(=O)OC)C1. The molecule has 0 N–H and O–H groups in total. The molecule has 0 aromatic heterocycles. The standard InChI is InChI=1S/C11H17F2NO2/c1-4-6-14-7-5-11(12,13)10(2,8-14)9(15)16-3/h4H,1,5-8H2,2-3H3/t10-/m0/s1. The van der Waals surface area contributed by atoms with Gasteiger partial charge in [-0.2, -0.15) is 0 Å². The van der Waals surface area contributed by atoms with Gasteiger partial charge in [-0.3, -0.25) is 9.69 Å². The van der Waals surface area contributed by atoms with Gasteiger partial charge in [0.2, 0.25) is 0 Å². The zero-order chi connectivity index (χ0) is 12.4. The van der Waals surface area contributed by atoms with Crippen LogP contribution in [-0.4, -0.2) is 43.5 Å². The van der Waals surface area contributed by atoms with Crippen LogP contribution >= 0.6 is 0 Å². The summed E-state index contributed by atoms with van der Waals surface area (Å²) < 4.78 is 32.0. The zero-order valence-electron chi connectivity index (χ0n) is 9.63. The molecule has 0 radical (unpaired) electrons. The first-order chi connectivity index (χ1) is 7.37. The molecule has 0 spiro atoms. The first kappa shape index (κ1) is 13.1. The van der Waals surface area contributed by atoms with Gasteiger partial charge in [0.25, 0.3) is 5.92 Å². The molecule has 0 aromatic carbocycles. The van der Waals surface area contributed by atoms with Crippen molar-refractivity contribution in [3.05, 3.63) is 12.7 Å². The molecular weight excluding hydrogens is 216 g/mol. The normalized spacial score (nSPS) is 29.8. The third-order valence-corrected chi connectivity index (χ3v) is 3.11. The molecule has 16 heavy (non-hydrogen) atoms. The van der Waals surface area contributed by atoms with Gasteiger partial charge in [-0.05, 0) is 6.92 Å². The second-order valence-electron chi connectivity index (χ2n) is 4.30. The second-order valence-corrected chi connectivity index (χ2v) is 4.30. The molecule has 92 valence electrons. The number of methoxy groups -OCH3 is 1. The maximum Gasteiger partial charge on any atom is 0.318 e. The van der Waals surface area contributed by atoms with Gasteiger partial charge in [0.1, 0.15) is 5.41 Å². The monoisotopic (exact) mass is 233 g/mol. The molecule has 1 aliphatic rings. The Morgan fingerprint density at radius 1 is 1.62 bits per heavy atom. The quantitative estimate of drug-likeness (QED) is 0.549. The van der Waals surface area contributed by atoms with E-state index in [4.69, 9.17) is 0 Å². The Hall–Kier alpha value is -0.970. The number of hydrogen-bond donors (Lipinski definition) is 0. The summed E-state index contributed by atoms with van der Waals surface area (Å²) in [6.07, 6.45) is 1.31. The third kappa shape index (κ3) is 2.09. The second kappa shape index (κ2) is 4.49. The van der Waals surface area contributed by atoms with Crippen LogP contribution in [-0.2, 0) is 9.53 Å². The fourth-order valence-electron chi connectivity index (χ4n) is 1.99. The molecule has 1 fully saturated rings. The average Bonchev–Trinajstić information content (AvgIpc) is 2.23. The van der Waals surface area contributed by atoms with Crippen molar-refractivity contribution in [1.29, 1.82) is 0 Å². The lowest BCUT2D eigenvalue weighted by molar-refractivity contribution is -0.195. The number of esters is 1. The smallest absolute Gasteiger partial charge is 0.318 e. The highest BCUT2D eigenvalue weighted by molar-refractivity contribution is 5.78. The Morgan fingerprint density at radius 3 is 2.75 bits per heavy atom. The van der Waals surface area contributed by atoms with Gasteiger partial charge in [-0.1, -0.05) is 6.08 Å². The van der Waals surface area contributed by atoms with Crippen molar-refractivity contribution in [2.75, 3.05) is 26.7 Å². The van der Waals surface area contributed by atoms with Gasteiger partial charge in [-0.15, -0.1) is 6.58 Å². The molecule has 1 heterocycles. The van der Waals surface area contributed by atoms with Crippen LogP contribution < -0.4 is 0 Å². The van der Waals surface area contributed by atoms with E-state index < -0.39 is 17.3 Å². The molecular formula is C11H17F2NO2. The molecule has 0 aromatic rings. The minimum atomic E-state index is -3.02.